The molecular formula is C15H10ClFN2O2. The van der Waals surface area contributed by atoms with Gasteiger partial charge in [0.25, 0.3) is 6.01 Å². The molecule has 0 atom stereocenters. The number of aldehydes is 1. The molecule has 0 aliphatic heterocycles. The molecule has 3 rings (SSSR count). The standard InChI is InChI=1S/C15H10ClFN2O2/c16-10-3-1-2-4-11(10)18-15-19-12-6-5-9(7-8-20)13(17)14(12)21-15/h1-6,8H,7H2,(H,18,19). The number of carbonyl (C=O) groups is 1. The first-order chi connectivity index (χ1) is 10.2. The number of oxazole rings is 1. The van der Waals surface area contributed by atoms with Crippen LogP contribution in [0.1, 0.15) is 5.56 Å². The van der Waals surface area contributed by atoms with E-state index in [0.29, 0.717) is 22.5 Å². The lowest BCUT2D eigenvalue weighted by Gasteiger charge is -2.02. The number of benzene rings is 2. The van der Waals surface area contributed by atoms with E-state index in [1.165, 1.54) is 6.07 Å². The maximum atomic E-state index is 14.1. The number of fused-ring (bicyclic) bond motifs is 1. The molecule has 0 saturated heterocycles. The van der Waals surface area contributed by atoms with Crippen molar-refractivity contribution >= 4 is 40.7 Å². The predicted octanol–water partition coefficient (Wildman–Crippen LogP) is 4.11. The molecule has 21 heavy (non-hydrogen) atoms. The highest BCUT2D eigenvalue weighted by atomic mass is 35.5. The quantitative estimate of drug-likeness (QED) is 0.737. The molecule has 3 aromatic rings. The van der Waals surface area contributed by atoms with Crippen molar-refractivity contribution in [3.63, 3.8) is 0 Å². The van der Waals surface area contributed by atoms with E-state index in [4.69, 9.17) is 16.0 Å². The first-order valence-electron chi connectivity index (χ1n) is 6.22. The van der Waals surface area contributed by atoms with Gasteiger partial charge in [0.15, 0.2) is 11.4 Å². The van der Waals surface area contributed by atoms with Gasteiger partial charge in [0.2, 0.25) is 0 Å². The number of halogens is 2. The fourth-order valence-corrected chi connectivity index (χ4v) is 2.16. The third-order valence-corrected chi connectivity index (χ3v) is 3.33. The van der Waals surface area contributed by atoms with E-state index >= 15 is 0 Å². The maximum absolute atomic E-state index is 14.1. The number of rotatable bonds is 4. The van der Waals surface area contributed by atoms with Crippen LogP contribution < -0.4 is 5.32 Å². The highest BCUT2D eigenvalue weighted by molar-refractivity contribution is 6.33. The van der Waals surface area contributed by atoms with Gasteiger partial charge in [-0.25, -0.2) is 4.39 Å². The number of para-hydroxylation sites is 1. The highest BCUT2D eigenvalue weighted by Gasteiger charge is 2.14. The zero-order valence-electron chi connectivity index (χ0n) is 10.8. The summed E-state index contributed by atoms with van der Waals surface area (Å²) in [7, 11) is 0. The normalized spacial score (nSPS) is 10.8. The third-order valence-electron chi connectivity index (χ3n) is 3.00. The van der Waals surface area contributed by atoms with Gasteiger partial charge in [-0.3, -0.25) is 0 Å². The van der Waals surface area contributed by atoms with Crippen LogP contribution in [-0.4, -0.2) is 11.3 Å². The molecule has 0 aliphatic rings. The molecule has 106 valence electrons. The second-order valence-electron chi connectivity index (χ2n) is 4.38. The number of hydrogen-bond donors (Lipinski definition) is 1. The van der Waals surface area contributed by atoms with E-state index in [-0.39, 0.29) is 23.6 Å². The van der Waals surface area contributed by atoms with Crippen LogP contribution in [0.4, 0.5) is 16.1 Å². The average Bonchev–Trinajstić information content (AvgIpc) is 2.88. The van der Waals surface area contributed by atoms with Crippen molar-refractivity contribution in [2.24, 2.45) is 0 Å². The molecule has 0 aliphatic carbocycles. The van der Waals surface area contributed by atoms with Crippen molar-refractivity contribution in [1.29, 1.82) is 0 Å². The smallest absolute Gasteiger partial charge is 0.300 e. The summed E-state index contributed by atoms with van der Waals surface area (Å²) in [6.45, 7) is 0. The summed E-state index contributed by atoms with van der Waals surface area (Å²) in [5, 5.41) is 3.40. The molecule has 1 aromatic heterocycles. The fourth-order valence-electron chi connectivity index (χ4n) is 1.98. The van der Waals surface area contributed by atoms with Crippen LogP contribution in [0, 0.1) is 5.82 Å². The van der Waals surface area contributed by atoms with Gasteiger partial charge in [-0.2, -0.15) is 4.98 Å². The largest absolute Gasteiger partial charge is 0.420 e. The number of hydrogen-bond acceptors (Lipinski definition) is 4. The Morgan fingerprint density at radius 3 is 2.86 bits per heavy atom. The molecule has 4 nitrogen and oxygen atoms in total. The van der Waals surface area contributed by atoms with Gasteiger partial charge in [-0.15, -0.1) is 0 Å². The predicted molar refractivity (Wildman–Crippen MR) is 78.5 cm³/mol. The fraction of sp³-hybridized carbons (Fsp3) is 0.0667. The molecule has 1 N–H and O–H groups in total. The molecule has 0 bridgehead atoms. The minimum atomic E-state index is -0.570. The van der Waals surface area contributed by atoms with Crippen LogP contribution in [0.3, 0.4) is 0 Å². The van der Waals surface area contributed by atoms with Crippen LogP contribution in [0.5, 0.6) is 0 Å². The van der Waals surface area contributed by atoms with Gasteiger partial charge >= 0.3 is 0 Å². The number of carbonyl (C=O) groups excluding carboxylic acids is 1. The van der Waals surface area contributed by atoms with Crippen LogP contribution >= 0.6 is 11.6 Å². The summed E-state index contributed by atoms with van der Waals surface area (Å²) in [4.78, 5) is 14.7. The SMILES string of the molecule is O=CCc1ccc2nc(Nc3ccccc3Cl)oc2c1F. The summed E-state index contributed by atoms with van der Waals surface area (Å²) in [6.07, 6.45) is 0.638. The molecule has 6 heteroatoms. The van der Waals surface area contributed by atoms with Gasteiger partial charge < -0.3 is 14.5 Å². The molecular weight excluding hydrogens is 295 g/mol. The van der Waals surface area contributed by atoms with E-state index in [0.717, 1.165) is 0 Å². The number of nitrogens with one attached hydrogen (secondary N) is 1. The first-order valence-corrected chi connectivity index (χ1v) is 6.60. The van der Waals surface area contributed by atoms with Gasteiger partial charge in [0.1, 0.15) is 11.8 Å². The van der Waals surface area contributed by atoms with E-state index in [2.05, 4.69) is 10.3 Å². The summed E-state index contributed by atoms with van der Waals surface area (Å²) >= 11 is 6.03. The van der Waals surface area contributed by atoms with Crippen molar-refractivity contribution in [3.05, 3.63) is 52.8 Å². The monoisotopic (exact) mass is 304 g/mol. The molecule has 0 saturated carbocycles. The second-order valence-corrected chi connectivity index (χ2v) is 4.79. The van der Waals surface area contributed by atoms with E-state index in [1.807, 2.05) is 0 Å². The Labute approximate surface area is 124 Å². The van der Waals surface area contributed by atoms with E-state index in [1.54, 1.807) is 30.3 Å². The Morgan fingerprint density at radius 1 is 1.29 bits per heavy atom. The van der Waals surface area contributed by atoms with Gasteiger partial charge in [0, 0.05) is 6.42 Å². The van der Waals surface area contributed by atoms with Gasteiger partial charge in [0.05, 0.1) is 10.7 Å². The lowest BCUT2D eigenvalue weighted by atomic mass is 10.1. The Balaban J connectivity index is 2.00. The number of anilines is 2. The van der Waals surface area contributed by atoms with Crippen molar-refractivity contribution in [2.45, 2.75) is 6.42 Å². The van der Waals surface area contributed by atoms with Gasteiger partial charge in [-0.1, -0.05) is 29.8 Å². The third kappa shape index (κ3) is 2.60. The molecule has 0 amide bonds. The molecule has 2 aromatic carbocycles. The Morgan fingerprint density at radius 2 is 2.10 bits per heavy atom. The minimum absolute atomic E-state index is 0.00422. The summed E-state index contributed by atoms with van der Waals surface area (Å²) < 4.78 is 19.5. The molecule has 0 spiro atoms. The van der Waals surface area contributed by atoms with Crippen LogP contribution in [0.2, 0.25) is 5.02 Å². The summed E-state index contributed by atoms with van der Waals surface area (Å²) in [5.74, 6) is -0.570. The van der Waals surface area contributed by atoms with Crippen molar-refractivity contribution < 1.29 is 13.6 Å². The molecule has 1 heterocycles. The lowest BCUT2D eigenvalue weighted by molar-refractivity contribution is -0.107. The molecule has 0 fully saturated rings. The first kappa shape index (κ1) is 13.6. The Kier molecular flexibility index (Phi) is 3.58. The van der Waals surface area contributed by atoms with Crippen molar-refractivity contribution in [2.75, 3.05) is 5.32 Å². The Bertz CT molecular complexity index is 817. The van der Waals surface area contributed by atoms with Crippen molar-refractivity contribution in [1.82, 2.24) is 4.98 Å². The van der Waals surface area contributed by atoms with Gasteiger partial charge in [-0.05, 0) is 23.8 Å². The summed E-state index contributed by atoms with van der Waals surface area (Å²) in [6, 6.07) is 10.3. The second kappa shape index (κ2) is 5.54. The highest BCUT2D eigenvalue weighted by Crippen LogP contribution is 2.28. The lowest BCUT2D eigenvalue weighted by Crippen LogP contribution is -1.91. The maximum Gasteiger partial charge on any atom is 0.300 e. The zero-order chi connectivity index (χ0) is 14.8. The van der Waals surface area contributed by atoms with Crippen LogP contribution in [-0.2, 0) is 11.2 Å². The van der Waals surface area contributed by atoms with Crippen molar-refractivity contribution in [3.8, 4) is 0 Å². The molecule has 0 radical (unpaired) electrons. The zero-order valence-corrected chi connectivity index (χ0v) is 11.5. The number of aromatic nitrogens is 1. The molecule has 0 unspecified atom stereocenters. The van der Waals surface area contributed by atoms with Crippen LogP contribution in [0.25, 0.3) is 11.1 Å². The van der Waals surface area contributed by atoms with E-state index in [9.17, 15) is 9.18 Å². The minimum Gasteiger partial charge on any atom is -0.420 e. The van der Waals surface area contributed by atoms with E-state index < -0.39 is 5.82 Å². The topological polar surface area (TPSA) is 55.1 Å². The summed E-state index contributed by atoms with van der Waals surface area (Å²) in [5.41, 5.74) is 1.28. The van der Waals surface area contributed by atoms with Crippen LogP contribution in [0.15, 0.2) is 40.8 Å². The number of nitrogens with zero attached hydrogens (tertiary/aromatic N) is 1. The average molecular weight is 305 g/mol. The Hall–Kier alpha value is -2.40.